The average Bonchev–Trinajstić information content (AvgIpc) is 2.51. The second-order valence-corrected chi connectivity index (χ2v) is 8.55. The predicted molar refractivity (Wildman–Crippen MR) is 85.0 cm³/mol. The summed E-state index contributed by atoms with van der Waals surface area (Å²) in [5, 5.41) is 18.4. The molecule has 2 rings (SSSR count). The summed E-state index contributed by atoms with van der Waals surface area (Å²) in [6.07, 6.45) is 0. The average molecular weight is 432 g/mol. The molecule has 2 aliphatic rings. The molecule has 2 aliphatic heterocycles. The van der Waals surface area contributed by atoms with Gasteiger partial charge in [0.15, 0.2) is 10.1 Å². The lowest BCUT2D eigenvalue weighted by molar-refractivity contribution is -0.525. The zero-order valence-corrected chi connectivity index (χ0v) is 15.0. The first kappa shape index (κ1) is 20.9. The Balaban J connectivity index is 1.97. The lowest BCUT2D eigenvalue weighted by Crippen LogP contribution is -2.46. The van der Waals surface area contributed by atoms with Crippen molar-refractivity contribution >= 4 is 27.4 Å². The lowest BCUT2D eigenvalue weighted by Gasteiger charge is -2.40. The molecular weight excluding hydrogens is 418 g/mol. The van der Waals surface area contributed by atoms with Crippen LogP contribution in [0, 0.1) is 25.6 Å². The van der Waals surface area contributed by atoms with E-state index in [0.717, 1.165) is 0 Å². The molecule has 0 aromatic heterocycles. The highest BCUT2D eigenvalue weighted by Gasteiger charge is 2.49. The van der Waals surface area contributed by atoms with Crippen LogP contribution in [0.25, 0.3) is 0 Å². The molecule has 0 atom stereocenters. The van der Waals surface area contributed by atoms with Gasteiger partial charge < -0.3 is 11.5 Å². The van der Waals surface area contributed by atoms with Crippen LogP contribution in [0.1, 0.15) is 0 Å². The van der Waals surface area contributed by atoms with Crippen LogP contribution in [0.3, 0.4) is 0 Å². The number of hydrazine groups is 2. The van der Waals surface area contributed by atoms with Crippen molar-refractivity contribution in [3.63, 3.8) is 0 Å². The van der Waals surface area contributed by atoms with Gasteiger partial charge in [0.25, 0.3) is 11.9 Å². The van der Waals surface area contributed by atoms with Crippen molar-refractivity contribution in [2.24, 2.45) is 26.4 Å². The van der Waals surface area contributed by atoms with Crippen molar-refractivity contribution in [2.45, 2.75) is 0 Å². The first-order valence-corrected chi connectivity index (χ1v) is 9.76. The summed E-state index contributed by atoms with van der Waals surface area (Å²) in [5.74, 6) is -1.58. The Labute approximate surface area is 149 Å². The first-order valence-electron chi connectivity index (χ1n) is 6.77. The quantitative estimate of drug-likeness (QED) is 0.129. The fourth-order valence-electron chi connectivity index (χ4n) is 1.81. The van der Waals surface area contributed by atoms with Gasteiger partial charge in [-0.2, -0.15) is 0 Å². The van der Waals surface area contributed by atoms with Gasteiger partial charge in [-0.25, -0.2) is 29.4 Å². The van der Waals surface area contributed by atoms with Crippen molar-refractivity contribution in [3.8, 4) is 0 Å². The van der Waals surface area contributed by atoms with E-state index < -0.39 is 42.9 Å². The molecule has 0 bridgehead atoms. The van der Waals surface area contributed by atoms with Crippen LogP contribution < -0.4 is 22.3 Å². The SMILES string of the molecule is N/C(=N\P1(=O)OCC2(CO1)COP(=O)(/N=C(\N)N[N+](=O)[O-])OC2)N[N+](=O)[O-]. The van der Waals surface area contributed by atoms with Crippen molar-refractivity contribution in [3.05, 3.63) is 20.2 Å². The van der Waals surface area contributed by atoms with E-state index in [2.05, 4.69) is 9.53 Å². The van der Waals surface area contributed by atoms with Crippen LogP contribution in [0.15, 0.2) is 9.53 Å². The monoisotopic (exact) mass is 432 g/mol. The van der Waals surface area contributed by atoms with E-state index in [9.17, 15) is 29.4 Å². The highest BCUT2D eigenvalue weighted by Crippen LogP contribution is 2.60. The molecule has 0 radical (unpaired) electrons. The van der Waals surface area contributed by atoms with Gasteiger partial charge in [0.05, 0.1) is 31.8 Å². The molecule has 1 spiro atoms. The molecule has 2 fully saturated rings. The highest BCUT2D eigenvalue weighted by molar-refractivity contribution is 7.53. The maximum atomic E-state index is 12.2. The standard InChI is InChI=1S/C7H14N8O10P2/c8-5(10-14(16)17)12-26(20)22-1-7(2-23-26)3-24-27(21,25-4-7)13-6(9)11-15(18)19/h1-4H2,(H3,8,10,12,20)(H3,9,11,13,21). The zero-order chi connectivity index (χ0) is 20.3. The number of nitrogens with one attached hydrogen (secondary N) is 2. The van der Waals surface area contributed by atoms with Crippen LogP contribution in [0.4, 0.5) is 0 Å². The minimum Gasteiger partial charge on any atom is -0.365 e. The Morgan fingerprint density at radius 1 is 0.852 bits per heavy atom. The Hall–Kier alpha value is -2.36. The van der Waals surface area contributed by atoms with Gasteiger partial charge in [-0.15, -0.1) is 9.53 Å². The van der Waals surface area contributed by atoms with Crippen molar-refractivity contribution in [1.29, 1.82) is 0 Å². The number of hydrogen-bond acceptors (Lipinski definition) is 10. The molecule has 152 valence electrons. The smallest absolute Gasteiger partial charge is 0.365 e. The van der Waals surface area contributed by atoms with E-state index in [1.165, 1.54) is 10.9 Å². The molecule has 0 saturated carbocycles. The molecule has 0 aromatic rings. The first-order chi connectivity index (χ1) is 12.4. The largest absolute Gasteiger partial charge is 0.457 e. The van der Waals surface area contributed by atoms with E-state index in [-0.39, 0.29) is 26.4 Å². The molecular formula is C7H14N8O10P2. The molecule has 0 aromatic carbocycles. The summed E-state index contributed by atoms with van der Waals surface area (Å²) >= 11 is 0. The second-order valence-electron chi connectivity index (χ2n) is 5.24. The van der Waals surface area contributed by atoms with Gasteiger partial charge in [-0.3, -0.25) is 18.1 Å². The molecule has 6 N–H and O–H groups in total. The summed E-state index contributed by atoms with van der Waals surface area (Å²) in [6, 6.07) is 0. The Morgan fingerprint density at radius 2 is 1.15 bits per heavy atom. The molecule has 0 unspecified atom stereocenters. The number of nitrogens with two attached hydrogens (primary N) is 2. The van der Waals surface area contributed by atoms with Crippen LogP contribution in [0.2, 0.25) is 0 Å². The number of nitrogens with zero attached hydrogens (tertiary/aromatic N) is 4. The van der Waals surface area contributed by atoms with Crippen LogP contribution in [-0.2, 0) is 27.2 Å². The van der Waals surface area contributed by atoms with E-state index in [4.69, 9.17) is 29.6 Å². The van der Waals surface area contributed by atoms with Crippen molar-refractivity contribution < 1.29 is 37.3 Å². The fourth-order valence-corrected chi connectivity index (χ4v) is 4.55. The molecule has 0 amide bonds. The Morgan fingerprint density at radius 3 is 1.41 bits per heavy atom. The molecule has 2 saturated heterocycles. The minimum absolute atomic E-state index is 0.300. The van der Waals surface area contributed by atoms with Gasteiger partial charge in [-0.1, -0.05) is 10.9 Å². The van der Waals surface area contributed by atoms with Crippen LogP contribution in [-0.4, -0.2) is 48.4 Å². The topological polar surface area (TPSA) is 258 Å². The predicted octanol–water partition coefficient (Wildman–Crippen LogP) is -1.53. The number of nitro groups is 2. The fraction of sp³-hybridized carbons (Fsp3) is 0.714. The van der Waals surface area contributed by atoms with E-state index in [1.807, 2.05) is 0 Å². The lowest BCUT2D eigenvalue weighted by atomic mass is 9.93. The molecule has 18 nitrogen and oxygen atoms in total. The molecule has 0 aliphatic carbocycles. The molecule has 2 heterocycles. The van der Waals surface area contributed by atoms with Gasteiger partial charge in [0.2, 0.25) is 0 Å². The van der Waals surface area contributed by atoms with Crippen LogP contribution in [0.5, 0.6) is 0 Å². The molecule has 20 heteroatoms. The van der Waals surface area contributed by atoms with E-state index in [1.54, 1.807) is 0 Å². The summed E-state index contributed by atoms with van der Waals surface area (Å²) in [6.45, 7) is -1.20. The minimum atomic E-state index is -4.11. The van der Waals surface area contributed by atoms with Crippen molar-refractivity contribution in [1.82, 2.24) is 10.9 Å². The van der Waals surface area contributed by atoms with Gasteiger partial charge in [-0.05, 0) is 0 Å². The summed E-state index contributed by atoms with van der Waals surface area (Å²) in [4.78, 5) is 20.5. The maximum absolute atomic E-state index is 12.2. The number of rotatable bonds is 4. The Kier molecular flexibility index (Phi) is 5.98. The normalized spacial score (nSPS) is 34.8. The van der Waals surface area contributed by atoms with Crippen molar-refractivity contribution in [2.75, 3.05) is 26.4 Å². The third kappa shape index (κ3) is 5.81. The van der Waals surface area contributed by atoms with Gasteiger partial charge in [0, 0.05) is 0 Å². The zero-order valence-electron chi connectivity index (χ0n) is 13.2. The van der Waals surface area contributed by atoms with Gasteiger partial charge >= 0.3 is 15.5 Å². The summed E-state index contributed by atoms with van der Waals surface area (Å²) in [7, 11) is -8.21. The summed E-state index contributed by atoms with van der Waals surface area (Å²) in [5.41, 5.74) is 12.3. The third-order valence-electron chi connectivity index (χ3n) is 3.01. The molecule has 27 heavy (non-hydrogen) atoms. The maximum Gasteiger partial charge on any atom is 0.457 e. The second kappa shape index (κ2) is 7.71. The number of guanidine groups is 2. The van der Waals surface area contributed by atoms with Crippen LogP contribution >= 0.6 is 15.5 Å². The highest BCUT2D eigenvalue weighted by atomic mass is 31.2. The van der Waals surface area contributed by atoms with Gasteiger partial charge in [0.1, 0.15) is 0 Å². The Bertz CT molecular complexity index is 692. The van der Waals surface area contributed by atoms with E-state index in [0.29, 0.717) is 0 Å². The number of hydrogen-bond donors (Lipinski definition) is 4. The third-order valence-corrected chi connectivity index (χ3v) is 5.75. The summed E-state index contributed by atoms with van der Waals surface area (Å²) < 4.78 is 51.0. The van der Waals surface area contributed by atoms with E-state index >= 15 is 0 Å².